The first-order chi connectivity index (χ1) is 11.1. The molecule has 0 aliphatic carbocycles. The van der Waals surface area contributed by atoms with Crippen LogP contribution in [-0.2, 0) is 11.3 Å². The van der Waals surface area contributed by atoms with E-state index in [0.717, 1.165) is 0 Å². The van der Waals surface area contributed by atoms with Crippen molar-refractivity contribution < 1.29 is 28.1 Å². The molecule has 0 fully saturated rings. The lowest BCUT2D eigenvalue weighted by atomic mass is 10.2. The molecule has 0 unspecified atom stereocenters. The fraction of sp³-hybridized carbons (Fsp3) is 0.235. The third kappa shape index (κ3) is 3.71. The SMILES string of the molecule is COc1ccc(COC(=O)c2cccc(OC)c2OC)cc1F. The molecule has 0 radical (unpaired) electrons. The number of para-hydroxylation sites is 1. The Morgan fingerprint density at radius 2 is 1.74 bits per heavy atom. The van der Waals surface area contributed by atoms with Gasteiger partial charge >= 0.3 is 5.97 Å². The van der Waals surface area contributed by atoms with Crippen LogP contribution in [0.5, 0.6) is 17.2 Å². The van der Waals surface area contributed by atoms with Crippen LogP contribution < -0.4 is 14.2 Å². The van der Waals surface area contributed by atoms with Gasteiger partial charge in [-0.1, -0.05) is 12.1 Å². The lowest BCUT2D eigenvalue weighted by Crippen LogP contribution is -2.08. The van der Waals surface area contributed by atoms with Gasteiger partial charge in [0.1, 0.15) is 12.2 Å². The summed E-state index contributed by atoms with van der Waals surface area (Å²) in [7, 11) is 4.30. The van der Waals surface area contributed by atoms with Crippen LogP contribution in [0.2, 0.25) is 0 Å². The number of hydrogen-bond acceptors (Lipinski definition) is 5. The van der Waals surface area contributed by atoms with Crippen molar-refractivity contribution in [2.75, 3.05) is 21.3 Å². The van der Waals surface area contributed by atoms with E-state index < -0.39 is 11.8 Å². The summed E-state index contributed by atoms with van der Waals surface area (Å²) in [4.78, 5) is 12.2. The summed E-state index contributed by atoms with van der Waals surface area (Å²) in [6, 6.07) is 9.26. The summed E-state index contributed by atoms with van der Waals surface area (Å²) in [5.41, 5.74) is 0.749. The Morgan fingerprint density at radius 3 is 2.35 bits per heavy atom. The van der Waals surface area contributed by atoms with Crippen LogP contribution in [0.1, 0.15) is 15.9 Å². The quantitative estimate of drug-likeness (QED) is 0.765. The summed E-state index contributed by atoms with van der Waals surface area (Å²) in [5.74, 6) is -0.245. The van der Waals surface area contributed by atoms with Gasteiger partial charge in [-0.3, -0.25) is 0 Å². The molecular formula is C17H17FO5. The topological polar surface area (TPSA) is 54.0 Å². The van der Waals surface area contributed by atoms with Crippen LogP contribution in [0.15, 0.2) is 36.4 Å². The zero-order valence-corrected chi connectivity index (χ0v) is 13.1. The average Bonchev–Trinajstić information content (AvgIpc) is 2.58. The second kappa shape index (κ2) is 7.49. The van der Waals surface area contributed by atoms with Gasteiger partial charge in [0.25, 0.3) is 0 Å². The highest BCUT2D eigenvalue weighted by molar-refractivity contribution is 5.93. The van der Waals surface area contributed by atoms with E-state index in [1.165, 1.54) is 33.5 Å². The Bertz CT molecular complexity index is 699. The maximum Gasteiger partial charge on any atom is 0.342 e. The molecule has 2 rings (SSSR count). The Hall–Kier alpha value is -2.76. The molecule has 23 heavy (non-hydrogen) atoms. The van der Waals surface area contributed by atoms with E-state index in [0.29, 0.717) is 17.1 Å². The summed E-state index contributed by atoms with van der Waals surface area (Å²) < 4.78 is 34.0. The fourth-order valence-electron chi connectivity index (χ4n) is 2.07. The zero-order valence-electron chi connectivity index (χ0n) is 13.1. The molecular weight excluding hydrogens is 303 g/mol. The number of hydrogen-bond donors (Lipinski definition) is 0. The molecule has 2 aromatic rings. The van der Waals surface area contributed by atoms with E-state index >= 15 is 0 Å². The molecule has 0 aliphatic heterocycles. The standard InChI is InChI=1S/C17H17FO5/c1-20-14-8-7-11(9-13(14)18)10-23-17(19)12-5-4-6-15(21-2)16(12)22-3/h4-9H,10H2,1-3H3. The number of methoxy groups -OCH3 is 3. The van der Waals surface area contributed by atoms with E-state index in [-0.39, 0.29) is 17.9 Å². The highest BCUT2D eigenvalue weighted by atomic mass is 19.1. The van der Waals surface area contributed by atoms with Crippen LogP contribution >= 0.6 is 0 Å². The summed E-state index contributed by atoms with van der Waals surface area (Å²) in [5, 5.41) is 0. The Kier molecular flexibility index (Phi) is 5.41. The Balaban J connectivity index is 2.12. The molecule has 0 aromatic heterocycles. The lowest BCUT2D eigenvalue weighted by Gasteiger charge is -2.12. The van der Waals surface area contributed by atoms with Gasteiger partial charge in [-0.25, -0.2) is 9.18 Å². The monoisotopic (exact) mass is 320 g/mol. The fourth-order valence-corrected chi connectivity index (χ4v) is 2.07. The van der Waals surface area contributed by atoms with Gasteiger partial charge in [-0.2, -0.15) is 0 Å². The predicted molar refractivity (Wildman–Crippen MR) is 81.6 cm³/mol. The van der Waals surface area contributed by atoms with Crippen molar-refractivity contribution in [3.05, 3.63) is 53.3 Å². The minimum absolute atomic E-state index is 0.0693. The third-order valence-corrected chi connectivity index (χ3v) is 3.21. The van der Waals surface area contributed by atoms with Gasteiger partial charge in [0.05, 0.1) is 21.3 Å². The van der Waals surface area contributed by atoms with Gasteiger partial charge < -0.3 is 18.9 Å². The molecule has 5 nitrogen and oxygen atoms in total. The molecule has 0 saturated carbocycles. The minimum atomic E-state index is -0.586. The molecule has 0 N–H and O–H groups in total. The molecule has 6 heteroatoms. The van der Waals surface area contributed by atoms with E-state index in [9.17, 15) is 9.18 Å². The molecule has 0 saturated heterocycles. The minimum Gasteiger partial charge on any atom is -0.494 e. The zero-order chi connectivity index (χ0) is 16.8. The van der Waals surface area contributed by atoms with Crippen LogP contribution in [-0.4, -0.2) is 27.3 Å². The van der Waals surface area contributed by atoms with Crippen molar-refractivity contribution in [1.29, 1.82) is 0 Å². The second-order valence-corrected chi connectivity index (χ2v) is 4.59. The number of benzene rings is 2. The highest BCUT2D eigenvalue weighted by Gasteiger charge is 2.18. The van der Waals surface area contributed by atoms with Crippen LogP contribution in [0, 0.1) is 5.82 Å². The number of ether oxygens (including phenoxy) is 4. The molecule has 2 aromatic carbocycles. The smallest absolute Gasteiger partial charge is 0.342 e. The summed E-state index contributed by atoms with van der Waals surface area (Å²) in [6.07, 6.45) is 0. The molecule has 0 amide bonds. The predicted octanol–water partition coefficient (Wildman–Crippen LogP) is 3.21. The Labute approximate surface area is 133 Å². The van der Waals surface area contributed by atoms with Crippen LogP contribution in [0.25, 0.3) is 0 Å². The molecule has 0 spiro atoms. The van der Waals surface area contributed by atoms with Crippen molar-refractivity contribution in [2.24, 2.45) is 0 Å². The molecule has 0 aliphatic rings. The van der Waals surface area contributed by atoms with Crippen LogP contribution in [0.3, 0.4) is 0 Å². The van der Waals surface area contributed by atoms with Crippen molar-refractivity contribution >= 4 is 5.97 Å². The van der Waals surface area contributed by atoms with Crippen molar-refractivity contribution in [3.8, 4) is 17.2 Å². The molecule has 0 heterocycles. The van der Waals surface area contributed by atoms with Crippen LogP contribution in [0.4, 0.5) is 4.39 Å². The van der Waals surface area contributed by atoms with Gasteiger partial charge in [-0.05, 0) is 29.8 Å². The first kappa shape index (κ1) is 16.6. The van der Waals surface area contributed by atoms with Crippen molar-refractivity contribution in [1.82, 2.24) is 0 Å². The highest BCUT2D eigenvalue weighted by Crippen LogP contribution is 2.31. The number of halogens is 1. The maximum absolute atomic E-state index is 13.6. The molecule has 0 atom stereocenters. The lowest BCUT2D eigenvalue weighted by molar-refractivity contribution is 0.0468. The number of esters is 1. The molecule has 0 bridgehead atoms. The number of carbonyl (C=O) groups excluding carboxylic acids is 1. The van der Waals surface area contributed by atoms with Gasteiger partial charge in [0, 0.05) is 0 Å². The largest absolute Gasteiger partial charge is 0.494 e. The second-order valence-electron chi connectivity index (χ2n) is 4.59. The maximum atomic E-state index is 13.6. The van der Waals surface area contributed by atoms with Crippen molar-refractivity contribution in [2.45, 2.75) is 6.61 Å². The third-order valence-electron chi connectivity index (χ3n) is 3.21. The van der Waals surface area contributed by atoms with Gasteiger partial charge in [0.2, 0.25) is 0 Å². The first-order valence-electron chi connectivity index (χ1n) is 6.81. The average molecular weight is 320 g/mol. The summed E-state index contributed by atoms with van der Waals surface area (Å²) >= 11 is 0. The number of carbonyl (C=O) groups is 1. The summed E-state index contributed by atoms with van der Waals surface area (Å²) in [6.45, 7) is -0.0693. The van der Waals surface area contributed by atoms with E-state index in [1.807, 2.05) is 0 Å². The Morgan fingerprint density at radius 1 is 1.00 bits per heavy atom. The van der Waals surface area contributed by atoms with E-state index in [1.54, 1.807) is 24.3 Å². The van der Waals surface area contributed by atoms with Gasteiger partial charge in [0.15, 0.2) is 23.1 Å². The van der Waals surface area contributed by atoms with E-state index in [2.05, 4.69) is 0 Å². The first-order valence-corrected chi connectivity index (χ1v) is 6.81. The normalized spacial score (nSPS) is 10.1. The van der Waals surface area contributed by atoms with E-state index in [4.69, 9.17) is 18.9 Å². The van der Waals surface area contributed by atoms with Gasteiger partial charge in [-0.15, -0.1) is 0 Å². The van der Waals surface area contributed by atoms with Crippen molar-refractivity contribution in [3.63, 3.8) is 0 Å². The number of rotatable bonds is 6. The molecule has 122 valence electrons.